The van der Waals surface area contributed by atoms with Gasteiger partial charge in [-0.1, -0.05) is 27.5 Å². The molecule has 0 aliphatic carbocycles. The third-order valence-electron chi connectivity index (χ3n) is 2.58. The molecule has 0 aliphatic rings. The Morgan fingerprint density at radius 2 is 2.12 bits per heavy atom. The summed E-state index contributed by atoms with van der Waals surface area (Å²) in [4.78, 5) is 2.21. The first-order valence-electron chi connectivity index (χ1n) is 5.16. The van der Waals surface area contributed by atoms with E-state index in [1.54, 1.807) is 7.11 Å². The SMILES string of the molecule is COc1cc(C)c(CCN(C)CBr)cc1Cl. The molecule has 0 aromatic heterocycles. The Hall–Kier alpha value is -0.250. The molecule has 0 unspecified atom stereocenters. The molecule has 0 fully saturated rings. The van der Waals surface area contributed by atoms with E-state index in [1.807, 2.05) is 12.1 Å². The van der Waals surface area contributed by atoms with Gasteiger partial charge in [-0.05, 0) is 43.7 Å². The van der Waals surface area contributed by atoms with Crippen molar-refractivity contribution in [3.05, 3.63) is 28.3 Å². The lowest BCUT2D eigenvalue weighted by Crippen LogP contribution is -2.19. The zero-order chi connectivity index (χ0) is 12.1. The van der Waals surface area contributed by atoms with Crippen LogP contribution in [0.2, 0.25) is 5.02 Å². The molecule has 16 heavy (non-hydrogen) atoms. The first-order chi connectivity index (χ1) is 7.58. The van der Waals surface area contributed by atoms with E-state index >= 15 is 0 Å². The van der Waals surface area contributed by atoms with Crippen molar-refractivity contribution in [1.29, 1.82) is 0 Å². The molecule has 0 aliphatic heterocycles. The Morgan fingerprint density at radius 1 is 1.44 bits per heavy atom. The quantitative estimate of drug-likeness (QED) is 0.610. The van der Waals surface area contributed by atoms with Gasteiger partial charge in [0.1, 0.15) is 5.75 Å². The summed E-state index contributed by atoms with van der Waals surface area (Å²) in [5.41, 5.74) is 3.39. The van der Waals surface area contributed by atoms with Crippen LogP contribution >= 0.6 is 27.5 Å². The van der Waals surface area contributed by atoms with E-state index in [2.05, 4.69) is 34.8 Å². The molecule has 2 nitrogen and oxygen atoms in total. The maximum absolute atomic E-state index is 6.10. The van der Waals surface area contributed by atoms with Crippen molar-refractivity contribution in [2.75, 3.05) is 26.2 Å². The first-order valence-corrected chi connectivity index (χ1v) is 6.66. The largest absolute Gasteiger partial charge is 0.495 e. The third kappa shape index (κ3) is 3.65. The summed E-state index contributed by atoms with van der Waals surface area (Å²) < 4.78 is 5.18. The van der Waals surface area contributed by atoms with Crippen molar-refractivity contribution in [3.8, 4) is 5.75 Å². The highest BCUT2D eigenvalue weighted by Crippen LogP contribution is 2.28. The second kappa shape index (κ2) is 6.48. The average Bonchev–Trinajstić information content (AvgIpc) is 2.29. The average molecular weight is 307 g/mol. The van der Waals surface area contributed by atoms with E-state index in [1.165, 1.54) is 11.1 Å². The number of hydrogen-bond donors (Lipinski definition) is 0. The fourth-order valence-electron chi connectivity index (χ4n) is 1.49. The van der Waals surface area contributed by atoms with Crippen LogP contribution < -0.4 is 4.74 Å². The fraction of sp³-hybridized carbons (Fsp3) is 0.500. The second-order valence-corrected chi connectivity index (χ2v) is 4.77. The molecule has 0 spiro atoms. The summed E-state index contributed by atoms with van der Waals surface area (Å²) in [6.07, 6.45) is 0.998. The minimum atomic E-state index is 0.685. The van der Waals surface area contributed by atoms with Gasteiger partial charge in [0, 0.05) is 6.54 Å². The first kappa shape index (κ1) is 13.8. The van der Waals surface area contributed by atoms with Crippen molar-refractivity contribution in [2.24, 2.45) is 0 Å². The molecule has 90 valence electrons. The molecule has 0 radical (unpaired) electrons. The van der Waals surface area contributed by atoms with E-state index in [4.69, 9.17) is 16.3 Å². The van der Waals surface area contributed by atoms with Crippen molar-refractivity contribution in [3.63, 3.8) is 0 Å². The molecule has 1 aromatic rings. The van der Waals surface area contributed by atoms with Gasteiger partial charge in [0.15, 0.2) is 0 Å². The van der Waals surface area contributed by atoms with Gasteiger partial charge in [-0.2, -0.15) is 0 Å². The summed E-state index contributed by atoms with van der Waals surface area (Å²) in [5.74, 6) is 0.747. The Kier molecular flexibility index (Phi) is 5.59. The van der Waals surface area contributed by atoms with Gasteiger partial charge in [0.2, 0.25) is 0 Å². The highest BCUT2D eigenvalue weighted by Gasteiger charge is 2.07. The number of aryl methyl sites for hydroxylation is 1. The summed E-state index contributed by atoms with van der Waals surface area (Å²) in [6, 6.07) is 3.99. The molecule has 1 aromatic carbocycles. The topological polar surface area (TPSA) is 12.5 Å². The second-order valence-electron chi connectivity index (χ2n) is 3.86. The maximum atomic E-state index is 6.10. The van der Waals surface area contributed by atoms with Crippen LogP contribution in [-0.2, 0) is 6.42 Å². The number of hydrogen-bond acceptors (Lipinski definition) is 2. The van der Waals surface area contributed by atoms with Crippen LogP contribution in [0.3, 0.4) is 0 Å². The lowest BCUT2D eigenvalue weighted by molar-refractivity contribution is 0.400. The van der Waals surface area contributed by atoms with Gasteiger partial charge in [0.05, 0.1) is 17.6 Å². The molecule has 0 saturated carbocycles. The van der Waals surface area contributed by atoms with Crippen LogP contribution in [0.15, 0.2) is 12.1 Å². The molecule has 0 bridgehead atoms. The number of rotatable bonds is 5. The van der Waals surface area contributed by atoms with Crippen molar-refractivity contribution in [1.82, 2.24) is 4.90 Å². The smallest absolute Gasteiger partial charge is 0.137 e. The molecule has 0 amide bonds. The van der Waals surface area contributed by atoms with Crippen LogP contribution in [0.4, 0.5) is 0 Å². The monoisotopic (exact) mass is 305 g/mol. The number of methoxy groups -OCH3 is 1. The highest BCUT2D eigenvalue weighted by molar-refractivity contribution is 9.09. The van der Waals surface area contributed by atoms with Gasteiger partial charge in [-0.15, -0.1) is 0 Å². The van der Waals surface area contributed by atoms with Gasteiger partial charge < -0.3 is 4.74 Å². The van der Waals surface area contributed by atoms with Gasteiger partial charge >= 0.3 is 0 Å². The molecule has 1 rings (SSSR count). The van der Waals surface area contributed by atoms with E-state index in [-0.39, 0.29) is 0 Å². The maximum Gasteiger partial charge on any atom is 0.137 e. The van der Waals surface area contributed by atoms with Gasteiger partial charge in [-0.25, -0.2) is 0 Å². The van der Waals surface area contributed by atoms with E-state index in [0.29, 0.717) is 5.02 Å². The van der Waals surface area contributed by atoms with Gasteiger partial charge in [0.25, 0.3) is 0 Å². The standard InChI is InChI=1S/C12H17BrClNO/c1-9-6-12(16-3)11(14)7-10(9)4-5-15(2)8-13/h6-7H,4-5,8H2,1-3H3. The summed E-state index contributed by atoms with van der Waals surface area (Å²) >= 11 is 9.53. The van der Waals surface area contributed by atoms with Crippen molar-refractivity contribution < 1.29 is 4.74 Å². The van der Waals surface area contributed by atoms with Crippen LogP contribution in [0, 0.1) is 6.92 Å². The summed E-state index contributed by atoms with van der Waals surface area (Å²) in [7, 11) is 3.72. The Labute approximate surface area is 111 Å². The number of alkyl halides is 1. The minimum Gasteiger partial charge on any atom is -0.495 e. The molecule has 0 heterocycles. The third-order valence-corrected chi connectivity index (χ3v) is 3.73. The Balaban J connectivity index is 2.77. The molecular weight excluding hydrogens is 289 g/mol. The number of nitrogens with zero attached hydrogens (tertiary/aromatic N) is 1. The van der Waals surface area contributed by atoms with Crippen molar-refractivity contribution >= 4 is 27.5 Å². The van der Waals surface area contributed by atoms with Crippen LogP contribution in [-0.4, -0.2) is 31.1 Å². The molecule has 0 saturated heterocycles. The molecule has 0 N–H and O–H groups in total. The summed E-state index contributed by atoms with van der Waals surface area (Å²) in [5, 5.41) is 0.685. The predicted molar refractivity (Wildman–Crippen MR) is 72.9 cm³/mol. The fourth-order valence-corrected chi connectivity index (χ4v) is 2.01. The number of halogens is 2. The summed E-state index contributed by atoms with van der Waals surface area (Å²) in [6.45, 7) is 3.09. The predicted octanol–water partition coefficient (Wildman–Crippen LogP) is 3.48. The number of benzene rings is 1. The zero-order valence-corrected chi connectivity index (χ0v) is 12.2. The van der Waals surface area contributed by atoms with Crippen molar-refractivity contribution in [2.45, 2.75) is 13.3 Å². The number of ether oxygens (including phenoxy) is 1. The van der Waals surface area contributed by atoms with Gasteiger partial charge in [-0.3, -0.25) is 4.90 Å². The van der Waals surface area contributed by atoms with Crippen LogP contribution in [0.25, 0.3) is 0 Å². The normalized spacial score (nSPS) is 10.9. The highest BCUT2D eigenvalue weighted by atomic mass is 79.9. The molecule has 0 atom stereocenters. The van der Waals surface area contributed by atoms with E-state index in [9.17, 15) is 0 Å². The van der Waals surface area contributed by atoms with E-state index in [0.717, 1.165) is 24.2 Å². The number of likely N-dealkylation sites (N-methyl/N-ethyl adjacent to an activating group) is 1. The van der Waals surface area contributed by atoms with E-state index < -0.39 is 0 Å². The van der Waals surface area contributed by atoms with Crippen LogP contribution in [0.5, 0.6) is 5.75 Å². The Bertz CT molecular complexity index is 357. The Morgan fingerprint density at radius 3 is 2.69 bits per heavy atom. The molecular formula is C12H17BrClNO. The minimum absolute atomic E-state index is 0.685. The lowest BCUT2D eigenvalue weighted by Gasteiger charge is -2.15. The zero-order valence-electron chi connectivity index (χ0n) is 9.89. The van der Waals surface area contributed by atoms with Crippen LogP contribution in [0.1, 0.15) is 11.1 Å². The lowest BCUT2D eigenvalue weighted by atomic mass is 10.1. The molecule has 4 heteroatoms.